The number of aryl methyl sites for hydroxylation is 2. The number of rotatable bonds is 8. The number of hydrogen-bond donors (Lipinski definition) is 2. The van der Waals surface area contributed by atoms with Crippen molar-refractivity contribution in [3.63, 3.8) is 0 Å². The van der Waals surface area contributed by atoms with Crippen LogP contribution >= 0.6 is 0 Å². The van der Waals surface area contributed by atoms with Gasteiger partial charge >= 0.3 is 6.09 Å². The predicted molar refractivity (Wildman–Crippen MR) is 164 cm³/mol. The largest absolute Gasteiger partial charge is 0.444 e. The van der Waals surface area contributed by atoms with E-state index >= 15 is 0 Å². The van der Waals surface area contributed by atoms with Crippen LogP contribution < -0.4 is 10.6 Å². The van der Waals surface area contributed by atoms with Crippen LogP contribution in [0.3, 0.4) is 0 Å². The molecule has 41 heavy (non-hydrogen) atoms. The first kappa shape index (κ1) is 30.1. The minimum Gasteiger partial charge on any atom is -0.444 e. The zero-order valence-electron chi connectivity index (χ0n) is 25.3. The Balaban J connectivity index is 1.74. The summed E-state index contributed by atoms with van der Waals surface area (Å²) in [4.78, 5) is 43.2. The van der Waals surface area contributed by atoms with E-state index in [9.17, 15) is 14.4 Å². The molecular formula is C34H43N3O4. The number of nitrogens with zero attached hydrogens (tertiary/aromatic N) is 1. The minimum absolute atomic E-state index is 0.114. The molecule has 1 aliphatic rings. The number of carbonyl (C=O) groups excluding carboxylic acids is 3. The van der Waals surface area contributed by atoms with Gasteiger partial charge in [0.05, 0.1) is 0 Å². The number of carbonyl (C=O) groups is 3. The van der Waals surface area contributed by atoms with Gasteiger partial charge in [-0.05, 0) is 93.8 Å². The third-order valence-corrected chi connectivity index (χ3v) is 7.59. The standard InChI is InChI=1S/C34H43N3O4/c1-21(2)29(36-33(40)41-34(5,6)7)32(39)37(27-13-10-14-27)30(28-18-15-22(3)19-23(28)4)31(38)35-26-17-16-24-11-8-9-12-25(24)20-26/h8-9,11-12,15-21,27,29-30H,10,13-14H2,1-7H3,(H,35,38)(H,36,40). The SMILES string of the molecule is Cc1ccc(C(C(=O)Nc2ccc3ccccc3c2)N(C(=O)C(NC(=O)OC(C)(C)C)C(C)C)C2CCC2)c(C)c1. The fraction of sp³-hybridized carbons (Fsp3) is 0.441. The molecule has 1 fully saturated rings. The highest BCUT2D eigenvalue weighted by Gasteiger charge is 2.43. The van der Waals surface area contributed by atoms with Crippen molar-refractivity contribution in [2.45, 2.75) is 91.5 Å². The van der Waals surface area contributed by atoms with E-state index in [2.05, 4.69) is 10.6 Å². The van der Waals surface area contributed by atoms with Gasteiger partial charge in [0.25, 0.3) is 5.91 Å². The van der Waals surface area contributed by atoms with Crippen molar-refractivity contribution in [3.8, 4) is 0 Å². The van der Waals surface area contributed by atoms with Crippen molar-refractivity contribution in [1.29, 1.82) is 0 Å². The number of benzene rings is 3. The summed E-state index contributed by atoms with van der Waals surface area (Å²) in [5, 5.41) is 8.01. The lowest BCUT2D eigenvalue weighted by Crippen LogP contribution is -2.58. The molecule has 0 spiro atoms. The summed E-state index contributed by atoms with van der Waals surface area (Å²) in [6.45, 7) is 13.1. The molecule has 0 radical (unpaired) electrons. The number of amides is 3. The summed E-state index contributed by atoms with van der Waals surface area (Å²) in [5.74, 6) is -0.789. The van der Waals surface area contributed by atoms with Gasteiger partial charge in [-0.3, -0.25) is 9.59 Å². The van der Waals surface area contributed by atoms with Crippen LogP contribution in [0.5, 0.6) is 0 Å². The van der Waals surface area contributed by atoms with Crippen LogP contribution in [0.4, 0.5) is 10.5 Å². The van der Waals surface area contributed by atoms with Crippen molar-refractivity contribution in [2.75, 3.05) is 5.32 Å². The molecule has 7 nitrogen and oxygen atoms in total. The van der Waals surface area contributed by atoms with E-state index in [1.165, 1.54) is 0 Å². The van der Waals surface area contributed by atoms with E-state index in [1.54, 1.807) is 25.7 Å². The maximum Gasteiger partial charge on any atom is 0.408 e. The summed E-state index contributed by atoms with van der Waals surface area (Å²) in [6, 6.07) is 17.9. The number of alkyl carbamates (subject to hydrolysis) is 1. The van der Waals surface area contributed by atoms with E-state index in [1.807, 2.05) is 88.4 Å². The van der Waals surface area contributed by atoms with Gasteiger partial charge in [0.2, 0.25) is 5.91 Å². The van der Waals surface area contributed by atoms with Crippen LogP contribution in [0.1, 0.15) is 76.6 Å². The normalized spacial score (nSPS) is 15.1. The highest BCUT2D eigenvalue weighted by Crippen LogP contribution is 2.36. The third kappa shape index (κ3) is 7.26. The summed E-state index contributed by atoms with van der Waals surface area (Å²) >= 11 is 0. The molecule has 3 aromatic rings. The molecule has 2 N–H and O–H groups in total. The molecule has 0 heterocycles. The van der Waals surface area contributed by atoms with Gasteiger partial charge in [-0.2, -0.15) is 0 Å². The highest BCUT2D eigenvalue weighted by atomic mass is 16.6. The second-order valence-corrected chi connectivity index (χ2v) is 12.5. The number of anilines is 1. The molecule has 7 heteroatoms. The van der Waals surface area contributed by atoms with Crippen molar-refractivity contribution in [1.82, 2.24) is 10.2 Å². The Labute approximate surface area is 243 Å². The lowest BCUT2D eigenvalue weighted by atomic mass is 9.86. The van der Waals surface area contributed by atoms with Crippen molar-refractivity contribution >= 4 is 34.4 Å². The van der Waals surface area contributed by atoms with Gasteiger partial charge in [0.1, 0.15) is 17.7 Å². The second-order valence-electron chi connectivity index (χ2n) is 12.5. The number of fused-ring (bicyclic) bond motifs is 1. The average molecular weight is 558 g/mol. The van der Waals surface area contributed by atoms with E-state index in [4.69, 9.17) is 4.74 Å². The van der Waals surface area contributed by atoms with E-state index in [0.717, 1.165) is 46.7 Å². The summed E-state index contributed by atoms with van der Waals surface area (Å²) in [5.41, 5.74) is 2.74. The Hall–Kier alpha value is -3.87. The van der Waals surface area contributed by atoms with Crippen LogP contribution in [0.15, 0.2) is 60.7 Å². The van der Waals surface area contributed by atoms with Crippen molar-refractivity contribution < 1.29 is 19.1 Å². The Morgan fingerprint density at radius 3 is 2.20 bits per heavy atom. The maximum atomic E-state index is 14.4. The lowest BCUT2D eigenvalue weighted by Gasteiger charge is -2.44. The Bertz CT molecular complexity index is 1420. The quantitative estimate of drug-likeness (QED) is 0.310. The summed E-state index contributed by atoms with van der Waals surface area (Å²) in [7, 11) is 0. The van der Waals surface area contributed by atoms with Crippen LogP contribution in [0, 0.1) is 19.8 Å². The van der Waals surface area contributed by atoms with Gasteiger partial charge in [-0.15, -0.1) is 0 Å². The van der Waals surface area contributed by atoms with Gasteiger partial charge in [-0.1, -0.05) is 67.9 Å². The topological polar surface area (TPSA) is 87.7 Å². The van der Waals surface area contributed by atoms with Gasteiger partial charge in [0.15, 0.2) is 0 Å². The Morgan fingerprint density at radius 1 is 0.927 bits per heavy atom. The van der Waals surface area contributed by atoms with E-state index in [0.29, 0.717) is 5.69 Å². The second kappa shape index (κ2) is 12.3. The number of ether oxygens (including phenoxy) is 1. The van der Waals surface area contributed by atoms with Crippen LogP contribution in [-0.2, 0) is 14.3 Å². The first-order valence-corrected chi connectivity index (χ1v) is 14.5. The minimum atomic E-state index is -0.874. The molecule has 4 rings (SSSR count). The van der Waals surface area contributed by atoms with Gasteiger partial charge in [0, 0.05) is 11.7 Å². The van der Waals surface area contributed by atoms with Gasteiger partial charge in [-0.25, -0.2) is 4.79 Å². The fourth-order valence-corrected chi connectivity index (χ4v) is 5.32. The Morgan fingerprint density at radius 2 is 1.61 bits per heavy atom. The summed E-state index contributed by atoms with van der Waals surface area (Å²) in [6.07, 6.45) is 1.93. The van der Waals surface area contributed by atoms with Crippen molar-refractivity contribution in [3.05, 3.63) is 77.4 Å². The molecule has 0 bridgehead atoms. The zero-order valence-corrected chi connectivity index (χ0v) is 25.3. The zero-order chi connectivity index (χ0) is 29.9. The maximum absolute atomic E-state index is 14.4. The summed E-state index contributed by atoms with van der Waals surface area (Å²) < 4.78 is 5.49. The van der Waals surface area contributed by atoms with Crippen molar-refractivity contribution in [2.24, 2.45) is 5.92 Å². The average Bonchev–Trinajstić information content (AvgIpc) is 2.85. The van der Waals surface area contributed by atoms with Crippen LogP contribution in [0.2, 0.25) is 0 Å². The fourth-order valence-electron chi connectivity index (χ4n) is 5.32. The Kier molecular flexibility index (Phi) is 9.05. The molecule has 0 aliphatic heterocycles. The van der Waals surface area contributed by atoms with Crippen LogP contribution in [-0.4, -0.2) is 40.5 Å². The smallest absolute Gasteiger partial charge is 0.408 e. The third-order valence-electron chi connectivity index (χ3n) is 7.59. The molecule has 3 amide bonds. The highest BCUT2D eigenvalue weighted by molar-refractivity contribution is 6.00. The van der Waals surface area contributed by atoms with Gasteiger partial charge < -0.3 is 20.3 Å². The molecule has 3 aromatic carbocycles. The molecule has 0 aromatic heterocycles. The van der Waals surface area contributed by atoms with E-state index in [-0.39, 0.29) is 23.8 Å². The molecule has 1 aliphatic carbocycles. The monoisotopic (exact) mass is 557 g/mol. The molecule has 2 unspecified atom stereocenters. The molecule has 1 saturated carbocycles. The molecule has 2 atom stereocenters. The first-order chi connectivity index (χ1) is 19.3. The van der Waals surface area contributed by atoms with Crippen LogP contribution in [0.25, 0.3) is 10.8 Å². The first-order valence-electron chi connectivity index (χ1n) is 14.5. The van der Waals surface area contributed by atoms with E-state index < -0.39 is 23.8 Å². The molecule has 0 saturated heterocycles. The lowest BCUT2D eigenvalue weighted by molar-refractivity contribution is -0.146. The predicted octanol–water partition coefficient (Wildman–Crippen LogP) is 7.07. The number of hydrogen-bond acceptors (Lipinski definition) is 4. The molecular weight excluding hydrogens is 514 g/mol. The number of nitrogens with one attached hydrogen (secondary N) is 2. The molecule has 218 valence electrons.